The molecule has 20 heavy (non-hydrogen) atoms. The second-order valence-corrected chi connectivity index (χ2v) is 4.43. The Morgan fingerprint density at radius 1 is 0.750 bits per heavy atom. The number of ether oxygens (including phenoxy) is 1. The van der Waals surface area contributed by atoms with Crippen molar-refractivity contribution in [1.29, 1.82) is 0 Å². The molecule has 6 bridgehead atoms. The molecule has 0 saturated carbocycles. The second-order valence-electron chi connectivity index (χ2n) is 4.43. The Kier molecular flexibility index (Phi) is 1.79. The average Bonchev–Trinajstić information content (AvgIpc) is 2.47. The Balaban J connectivity index is 2.54. The predicted octanol–water partition coefficient (Wildman–Crippen LogP) is 1.05. The molecule has 1 aliphatic heterocycles. The summed E-state index contributed by atoms with van der Waals surface area (Å²) in [5.41, 5.74) is -1.75. The van der Waals surface area contributed by atoms with Crippen LogP contribution in [-0.2, 0) is 4.74 Å². The van der Waals surface area contributed by atoms with Crippen molar-refractivity contribution in [3.8, 4) is 0 Å². The lowest BCUT2D eigenvalue weighted by molar-refractivity contribution is 0.0388. The molecule has 6 nitrogen and oxygen atoms in total. The molecule has 0 saturated heterocycles. The van der Waals surface area contributed by atoms with Crippen LogP contribution < -0.4 is 11.3 Å². The van der Waals surface area contributed by atoms with E-state index in [-0.39, 0.29) is 27.3 Å². The predicted molar refractivity (Wildman–Crippen MR) is 67.2 cm³/mol. The van der Waals surface area contributed by atoms with Crippen LogP contribution in [-0.4, -0.2) is 11.9 Å². The van der Waals surface area contributed by atoms with Crippen molar-refractivity contribution in [3.63, 3.8) is 0 Å². The van der Waals surface area contributed by atoms with Crippen molar-refractivity contribution in [2.45, 2.75) is 0 Å². The Bertz CT molecular complexity index is 1040. The van der Waals surface area contributed by atoms with E-state index in [0.717, 1.165) is 0 Å². The van der Waals surface area contributed by atoms with Crippen molar-refractivity contribution < 1.29 is 18.7 Å². The Morgan fingerprint density at radius 2 is 1.40 bits per heavy atom. The van der Waals surface area contributed by atoms with Gasteiger partial charge < -0.3 is 9.15 Å². The van der Waals surface area contributed by atoms with Crippen LogP contribution in [0.4, 0.5) is 0 Å². The Morgan fingerprint density at radius 3 is 2.15 bits per heavy atom. The first-order chi connectivity index (χ1) is 9.58. The third-order valence-electron chi connectivity index (χ3n) is 3.40. The molecule has 96 valence electrons. The average molecular weight is 268 g/mol. The number of carbonyl (C=O) groups is 2. The lowest BCUT2D eigenvalue weighted by Crippen LogP contribution is -2.21. The molecular formula is C14H4O6. The molecule has 0 fully saturated rings. The third kappa shape index (κ3) is 1.13. The van der Waals surface area contributed by atoms with E-state index in [1.54, 1.807) is 12.1 Å². The van der Waals surface area contributed by atoms with Crippen LogP contribution in [0.3, 0.4) is 0 Å². The van der Waals surface area contributed by atoms with E-state index < -0.39 is 23.2 Å². The zero-order valence-corrected chi connectivity index (χ0v) is 9.76. The summed E-state index contributed by atoms with van der Waals surface area (Å²) in [5, 5.41) is 0.673. The van der Waals surface area contributed by atoms with Gasteiger partial charge in [0.2, 0.25) is 0 Å². The topological polar surface area (TPSA) is 90.7 Å². The molecule has 0 radical (unpaired) electrons. The van der Waals surface area contributed by atoms with E-state index in [4.69, 9.17) is 4.42 Å². The highest BCUT2D eigenvalue weighted by molar-refractivity contribution is 6.25. The summed E-state index contributed by atoms with van der Waals surface area (Å²) in [6.07, 6.45) is 0. The quantitative estimate of drug-likeness (QED) is 0.447. The van der Waals surface area contributed by atoms with E-state index in [1.807, 2.05) is 0 Å². The van der Waals surface area contributed by atoms with Crippen LogP contribution in [0.25, 0.3) is 21.5 Å². The number of rotatable bonds is 0. The first kappa shape index (κ1) is 10.9. The van der Waals surface area contributed by atoms with Crippen LogP contribution in [0.15, 0.2) is 38.3 Å². The highest BCUT2D eigenvalue weighted by Gasteiger charge is 2.30. The molecule has 3 aromatic rings. The lowest BCUT2D eigenvalue weighted by Gasteiger charge is -2.14. The van der Waals surface area contributed by atoms with Gasteiger partial charge in [-0.05, 0) is 17.5 Å². The van der Waals surface area contributed by atoms with Gasteiger partial charge in [-0.15, -0.1) is 0 Å². The van der Waals surface area contributed by atoms with Crippen LogP contribution in [0, 0.1) is 0 Å². The summed E-state index contributed by atoms with van der Waals surface area (Å²) in [6, 6.07) is 5.85. The third-order valence-corrected chi connectivity index (χ3v) is 3.40. The van der Waals surface area contributed by atoms with Gasteiger partial charge in [0.25, 0.3) is 0 Å². The van der Waals surface area contributed by atoms with Crippen molar-refractivity contribution in [3.05, 3.63) is 56.2 Å². The lowest BCUT2D eigenvalue weighted by atomic mass is 9.94. The van der Waals surface area contributed by atoms with Crippen LogP contribution >= 0.6 is 0 Å². The monoisotopic (exact) mass is 268 g/mol. The number of esters is 2. The maximum absolute atomic E-state index is 12.0. The van der Waals surface area contributed by atoms with Gasteiger partial charge in [0.1, 0.15) is 0 Å². The molecule has 1 aliphatic rings. The van der Waals surface area contributed by atoms with E-state index in [9.17, 15) is 19.2 Å². The molecule has 0 spiro atoms. The minimum Gasteiger partial charge on any atom is -0.386 e. The molecule has 2 aromatic carbocycles. The van der Waals surface area contributed by atoms with E-state index in [0.29, 0.717) is 5.39 Å². The first-order valence-electron chi connectivity index (χ1n) is 5.70. The summed E-state index contributed by atoms with van der Waals surface area (Å²) < 4.78 is 9.28. The SMILES string of the molecule is O=C1OC(=O)c2cc1c1c(=O)oc(=O)c3cccc1c23. The summed E-state index contributed by atoms with van der Waals surface area (Å²) in [6.45, 7) is 0. The van der Waals surface area contributed by atoms with Gasteiger partial charge in [-0.25, -0.2) is 19.2 Å². The molecule has 0 amide bonds. The number of benzene rings is 2. The smallest absolute Gasteiger partial charge is 0.347 e. The fraction of sp³-hybridized carbons (Fsp3) is 0. The second kappa shape index (κ2) is 3.30. The zero-order chi connectivity index (χ0) is 14.0. The normalized spacial score (nSPS) is 14.0. The molecule has 4 rings (SSSR count). The number of hydrogen-bond donors (Lipinski definition) is 0. The molecule has 6 heteroatoms. The molecule has 0 aliphatic carbocycles. The minimum absolute atomic E-state index is 0.0473. The fourth-order valence-electron chi connectivity index (χ4n) is 2.58. The number of fused-ring (bicyclic) bond motifs is 3. The van der Waals surface area contributed by atoms with Crippen LogP contribution in [0.2, 0.25) is 0 Å². The summed E-state index contributed by atoms with van der Waals surface area (Å²) in [5.74, 6) is -1.76. The van der Waals surface area contributed by atoms with E-state index >= 15 is 0 Å². The molecule has 0 unspecified atom stereocenters. The largest absolute Gasteiger partial charge is 0.386 e. The fourth-order valence-corrected chi connectivity index (χ4v) is 2.58. The first-order valence-corrected chi connectivity index (χ1v) is 5.70. The van der Waals surface area contributed by atoms with Gasteiger partial charge >= 0.3 is 23.2 Å². The number of cyclic esters (lactones) is 2. The van der Waals surface area contributed by atoms with Gasteiger partial charge in [0.15, 0.2) is 0 Å². The van der Waals surface area contributed by atoms with Gasteiger partial charge in [0.05, 0.1) is 21.9 Å². The van der Waals surface area contributed by atoms with Crippen molar-refractivity contribution >= 4 is 33.5 Å². The van der Waals surface area contributed by atoms with Gasteiger partial charge in [-0.1, -0.05) is 12.1 Å². The Hall–Kier alpha value is -3.02. The molecule has 0 N–H and O–H groups in total. The standard InChI is InChI=1S/C14H4O6/c15-11-6-3-1-2-5-9(6)7-4-8(10(5)14(18)20-11)13(17)19-12(7)16/h1-4H. The Labute approximate surface area is 109 Å². The number of hydrogen-bond acceptors (Lipinski definition) is 6. The molecule has 1 aromatic heterocycles. The maximum atomic E-state index is 12.0. The highest BCUT2D eigenvalue weighted by Crippen LogP contribution is 2.32. The summed E-state index contributed by atoms with van der Waals surface area (Å²) in [7, 11) is 0. The summed E-state index contributed by atoms with van der Waals surface area (Å²) in [4.78, 5) is 47.4. The van der Waals surface area contributed by atoms with Crippen LogP contribution in [0.1, 0.15) is 20.7 Å². The van der Waals surface area contributed by atoms with Crippen molar-refractivity contribution in [2.24, 2.45) is 0 Å². The molecule has 2 heterocycles. The van der Waals surface area contributed by atoms with Crippen molar-refractivity contribution in [2.75, 3.05) is 0 Å². The van der Waals surface area contributed by atoms with Gasteiger partial charge in [-0.3, -0.25) is 0 Å². The minimum atomic E-state index is -0.922. The molecular weight excluding hydrogens is 264 g/mol. The van der Waals surface area contributed by atoms with Crippen LogP contribution in [0.5, 0.6) is 0 Å². The molecule has 0 atom stereocenters. The zero-order valence-electron chi connectivity index (χ0n) is 9.76. The number of carbonyl (C=O) groups excluding carboxylic acids is 2. The maximum Gasteiger partial charge on any atom is 0.347 e. The van der Waals surface area contributed by atoms with E-state index in [1.165, 1.54) is 12.1 Å². The van der Waals surface area contributed by atoms with Gasteiger partial charge in [0, 0.05) is 5.39 Å². The van der Waals surface area contributed by atoms with Crippen molar-refractivity contribution in [1.82, 2.24) is 0 Å². The van der Waals surface area contributed by atoms with Gasteiger partial charge in [-0.2, -0.15) is 0 Å². The highest BCUT2D eigenvalue weighted by atomic mass is 16.6. The van der Waals surface area contributed by atoms with E-state index in [2.05, 4.69) is 4.74 Å². The summed E-state index contributed by atoms with van der Waals surface area (Å²) >= 11 is 0.